The molecule has 0 radical (unpaired) electrons. The fourth-order valence-corrected chi connectivity index (χ4v) is 6.38. The van der Waals surface area contributed by atoms with Gasteiger partial charge in [0.15, 0.2) is 0 Å². The minimum atomic E-state index is 1.02. The summed E-state index contributed by atoms with van der Waals surface area (Å²) in [6, 6.07) is 13.6. The molecule has 0 spiro atoms. The van der Waals surface area contributed by atoms with Crippen molar-refractivity contribution >= 4 is 45.4 Å². The van der Waals surface area contributed by atoms with Gasteiger partial charge in [0, 0.05) is 37.1 Å². The largest absolute Gasteiger partial charge is 0.331 e. The number of quaternary nitrogens is 1. The monoisotopic (exact) mass is 456 g/mol. The molecule has 1 aromatic carbocycles. The molecule has 6 heteroatoms. The van der Waals surface area contributed by atoms with E-state index in [1.165, 1.54) is 74.6 Å². The van der Waals surface area contributed by atoms with E-state index in [2.05, 4.69) is 73.2 Å². The fourth-order valence-electron chi connectivity index (χ4n) is 3.66. The van der Waals surface area contributed by atoms with Crippen molar-refractivity contribution in [1.82, 2.24) is 8.75 Å². The minimum absolute atomic E-state index is 1.02. The molecule has 0 bridgehead atoms. The number of hydrogen-bond acceptors (Lipinski definition) is 5. The summed E-state index contributed by atoms with van der Waals surface area (Å²) >= 11 is 5.12. The molecule has 0 saturated heterocycles. The molecule has 4 rings (SSSR count). The van der Waals surface area contributed by atoms with Crippen LogP contribution < -0.4 is 0 Å². The van der Waals surface area contributed by atoms with Gasteiger partial charge in [0.05, 0.1) is 39.4 Å². The van der Waals surface area contributed by atoms with Crippen LogP contribution in [0.5, 0.6) is 0 Å². The average molecular weight is 457 g/mol. The van der Waals surface area contributed by atoms with Gasteiger partial charge in [0.2, 0.25) is 0 Å². The molecule has 30 heavy (non-hydrogen) atoms. The first kappa shape index (κ1) is 21.6. The van der Waals surface area contributed by atoms with Crippen LogP contribution in [-0.4, -0.2) is 40.9 Å². The fraction of sp³-hybridized carbons (Fsp3) is 0.417. The van der Waals surface area contributed by atoms with Crippen LogP contribution in [-0.2, 0) is 12.8 Å². The Balaban J connectivity index is 1.58. The van der Waals surface area contributed by atoms with E-state index in [1.807, 2.05) is 22.7 Å². The molecule has 0 N–H and O–H groups in total. The third-order valence-corrected chi connectivity index (χ3v) is 8.18. The summed E-state index contributed by atoms with van der Waals surface area (Å²) in [5, 5.41) is 0. The Kier molecular flexibility index (Phi) is 6.68. The summed E-state index contributed by atoms with van der Waals surface area (Å²) in [5.41, 5.74) is 4.52. The van der Waals surface area contributed by atoms with Crippen LogP contribution in [0.15, 0.2) is 36.4 Å². The third kappa shape index (κ3) is 4.99. The Morgan fingerprint density at radius 1 is 0.733 bits per heavy atom. The van der Waals surface area contributed by atoms with E-state index in [0.717, 1.165) is 21.9 Å². The van der Waals surface area contributed by atoms with E-state index >= 15 is 0 Å². The maximum Gasteiger partial charge on any atom is 0.114 e. The van der Waals surface area contributed by atoms with Gasteiger partial charge in [-0.2, -0.15) is 8.75 Å². The number of unbranched alkanes of at least 4 members (excludes halogenated alkanes) is 1. The number of aryl methyl sites for hydroxylation is 2. The molecule has 4 aromatic rings. The lowest BCUT2D eigenvalue weighted by molar-refractivity contribution is -0.870. The Hall–Kier alpha value is -1.60. The molecule has 0 amide bonds. The molecule has 3 nitrogen and oxygen atoms in total. The van der Waals surface area contributed by atoms with Crippen LogP contribution in [0.25, 0.3) is 31.9 Å². The maximum absolute atomic E-state index is 4.68. The predicted octanol–water partition coefficient (Wildman–Crippen LogP) is 7.13. The number of thiophene rings is 2. The van der Waals surface area contributed by atoms with Crippen molar-refractivity contribution in [3.8, 4) is 20.9 Å². The number of aromatic nitrogens is 2. The molecule has 0 saturated carbocycles. The quantitative estimate of drug-likeness (QED) is 0.250. The van der Waals surface area contributed by atoms with Crippen LogP contribution in [0.3, 0.4) is 0 Å². The van der Waals surface area contributed by atoms with E-state index in [9.17, 15) is 0 Å². The Bertz CT molecular complexity index is 1110. The summed E-state index contributed by atoms with van der Waals surface area (Å²) in [7, 11) is 6.77. The van der Waals surface area contributed by atoms with Crippen molar-refractivity contribution in [1.29, 1.82) is 0 Å². The zero-order valence-corrected chi connectivity index (χ0v) is 20.7. The van der Waals surface area contributed by atoms with Crippen molar-refractivity contribution in [2.75, 3.05) is 27.7 Å². The molecule has 158 valence electrons. The van der Waals surface area contributed by atoms with Crippen molar-refractivity contribution in [2.45, 2.75) is 39.0 Å². The lowest BCUT2D eigenvalue weighted by Gasteiger charge is -2.23. The second-order valence-electron chi connectivity index (χ2n) is 8.88. The molecular formula is C24H30N3S3+. The molecule has 3 heterocycles. The molecule has 0 aliphatic carbocycles. The third-order valence-electron chi connectivity index (χ3n) is 5.30. The van der Waals surface area contributed by atoms with E-state index in [0.29, 0.717) is 0 Å². The zero-order valence-electron chi connectivity index (χ0n) is 18.3. The van der Waals surface area contributed by atoms with Crippen molar-refractivity contribution in [2.24, 2.45) is 0 Å². The van der Waals surface area contributed by atoms with Gasteiger partial charge in [-0.05, 0) is 43.5 Å². The van der Waals surface area contributed by atoms with E-state index in [-0.39, 0.29) is 0 Å². The molecular weight excluding hydrogens is 426 g/mol. The van der Waals surface area contributed by atoms with Crippen LogP contribution in [0, 0.1) is 0 Å². The van der Waals surface area contributed by atoms with Crippen LogP contribution in [0.2, 0.25) is 0 Å². The Morgan fingerprint density at radius 3 is 1.77 bits per heavy atom. The van der Waals surface area contributed by atoms with E-state index < -0.39 is 0 Å². The van der Waals surface area contributed by atoms with Gasteiger partial charge in [-0.15, -0.1) is 22.7 Å². The molecule has 0 aliphatic heterocycles. The average Bonchev–Trinajstić information content (AvgIpc) is 3.45. The van der Waals surface area contributed by atoms with Gasteiger partial charge in [0.25, 0.3) is 0 Å². The highest BCUT2D eigenvalue weighted by atomic mass is 32.1. The van der Waals surface area contributed by atoms with Gasteiger partial charge >= 0.3 is 0 Å². The first-order valence-corrected chi connectivity index (χ1v) is 13.0. The van der Waals surface area contributed by atoms with Crippen LogP contribution >= 0.6 is 34.4 Å². The molecule has 0 fully saturated rings. The number of benzene rings is 1. The summed E-state index contributed by atoms with van der Waals surface area (Å²) in [5.74, 6) is 0. The highest BCUT2D eigenvalue weighted by Crippen LogP contribution is 2.39. The standard InChI is InChI=1S/C24H30N3S3/c1-5-6-8-17-10-14-21(28-17)19-12-13-20(24-23(19)25-30-26-24)22-15-11-18(29-22)9-7-16-27(2,3)4/h10-15H,5-9,16H2,1-4H3/q+1. The number of nitrogens with zero attached hydrogens (tertiary/aromatic N) is 3. The van der Waals surface area contributed by atoms with Crippen molar-refractivity contribution in [3.63, 3.8) is 0 Å². The van der Waals surface area contributed by atoms with Crippen LogP contribution in [0.1, 0.15) is 35.9 Å². The molecule has 0 unspecified atom stereocenters. The maximum atomic E-state index is 4.68. The summed E-state index contributed by atoms with van der Waals surface area (Å²) in [6.07, 6.45) is 6.02. The Labute approximate surface area is 191 Å². The zero-order chi connectivity index (χ0) is 21.1. The Morgan fingerprint density at radius 2 is 1.27 bits per heavy atom. The van der Waals surface area contributed by atoms with Gasteiger partial charge in [0.1, 0.15) is 11.0 Å². The first-order chi connectivity index (χ1) is 14.4. The summed E-state index contributed by atoms with van der Waals surface area (Å²) < 4.78 is 10.4. The predicted molar refractivity (Wildman–Crippen MR) is 134 cm³/mol. The molecule has 3 aromatic heterocycles. The lowest BCUT2D eigenvalue weighted by atomic mass is 10.1. The van der Waals surface area contributed by atoms with Crippen LogP contribution in [0.4, 0.5) is 0 Å². The number of fused-ring (bicyclic) bond motifs is 1. The van der Waals surface area contributed by atoms with Gasteiger partial charge in [-0.3, -0.25) is 0 Å². The van der Waals surface area contributed by atoms with Gasteiger partial charge < -0.3 is 4.48 Å². The second kappa shape index (κ2) is 9.27. The smallest absolute Gasteiger partial charge is 0.114 e. The number of rotatable bonds is 9. The number of hydrogen-bond donors (Lipinski definition) is 0. The van der Waals surface area contributed by atoms with E-state index in [1.54, 1.807) is 0 Å². The first-order valence-electron chi connectivity index (χ1n) is 10.7. The van der Waals surface area contributed by atoms with E-state index in [4.69, 9.17) is 0 Å². The topological polar surface area (TPSA) is 25.8 Å². The summed E-state index contributed by atoms with van der Waals surface area (Å²) in [4.78, 5) is 5.52. The molecule has 0 atom stereocenters. The lowest BCUT2D eigenvalue weighted by Crippen LogP contribution is -2.35. The highest BCUT2D eigenvalue weighted by molar-refractivity contribution is 7.16. The van der Waals surface area contributed by atoms with Gasteiger partial charge in [-0.1, -0.05) is 25.5 Å². The summed E-state index contributed by atoms with van der Waals surface area (Å²) in [6.45, 7) is 3.45. The van der Waals surface area contributed by atoms with Gasteiger partial charge in [-0.25, -0.2) is 0 Å². The second-order valence-corrected chi connectivity index (χ2v) is 11.7. The van der Waals surface area contributed by atoms with Crippen molar-refractivity contribution < 1.29 is 4.48 Å². The normalized spacial score (nSPS) is 12.1. The highest BCUT2D eigenvalue weighted by Gasteiger charge is 2.16. The van der Waals surface area contributed by atoms with Crippen molar-refractivity contribution in [3.05, 3.63) is 46.2 Å². The SMILES string of the molecule is CCCCc1ccc(-c2ccc(-c3ccc(CCC[N+](C)(C)C)s3)c3nsnc23)s1. The minimum Gasteiger partial charge on any atom is -0.331 e. The molecule has 0 aliphatic rings.